The van der Waals surface area contributed by atoms with E-state index in [2.05, 4.69) is 42.3 Å². The number of ether oxygens (including phenoxy) is 1. The molecule has 3 unspecified atom stereocenters. The van der Waals surface area contributed by atoms with Crippen molar-refractivity contribution in [1.29, 1.82) is 0 Å². The summed E-state index contributed by atoms with van der Waals surface area (Å²) in [6.45, 7) is 2.03. The zero-order chi connectivity index (χ0) is 15.7. The Balaban J connectivity index is 1.93. The van der Waals surface area contributed by atoms with Gasteiger partial charge in [0.15, 0.2) is 0 Å². The summed E-state index contributed by atoms with van der Waals surface area (Å²) >= 11 is 0. The molecular weight excluding hydrogens is 274 g/mol. The van der Waals surface area contributed by atoms with Crippen molar-refractivity contribution in [3.8, 4) is 0 Å². The summed E-state index contributed by atoms with van der Waals surface area (Å²) in [6, 6.07) is 0.894. The van der Waals surface area contributed by atoms with Crippen molar-refractivity contribution in [2.75, 3.05) is 14.2 Å². The smallest absolute Gasteiger partial charge is 0.314 e. The Morgan fingerprint density at radius 2 is 2.18 bits per heavy atom. The molecule has 3 nitrogen and oxygen atoms in total. The summed E-state index contributed by atoms with van der Waals surface area (Å²) < 4.78 is 5.12. The van der Waals surface area contributed by atoms with Crippen LogP contribution in [0.4, 0.5) is 0 Å². The van der Waals surface area contributed by atoms with Gasteiger partial charge in [0.2, 0.25) is 0 Å². The fraction of sp³-hybridized carbons (Fsp3) is 0.526. The molecule has 0 saturated carbocycles. The van der Waals surface area contributed by atoms with Gasteiger partial charge in [-0.05, 0) is 56.4 Å². The number of hydrogen-bond acceptors (Lipinski definition) is 3. The second-order valence-electron chi connectivity index (χ2n) is 6.46. The Hall–Kier alpha value is -1.61. The number of carbonyl (C=O) groups is 1. The maximum absolute atomic E-state index is 12.4. The minimum Gasteiger partial charge on any atom is -0.469 e. The lowest BCUT2D eigenvalue weighted by Crippen LogP contribution is -2.47. The molecule has 0 radical (unpaired) electrons. The molecule has 3 aliphatic rings. The molecule has 0 spiro atoms. The van der Waals surface area contributed by atoms with Gasteiger partial charge in [-0.3, -0.25) is 9.69 Å². The molecule has 0 aromatic carbocycles. The minimum atomic E-state index is -0.0925. The van der Waals surface area contributed by atoms with Crippen LogP contribution in [0.1, 0.15) is 32.6 Å². The summed E-state index contributed by atoms with van der Waals surface area (Å²) in [4.78, 5) is 14.8. The van der Waals surface area contributed by atoms with E-state index in [0.717, 1.165) is 19.3 Å². The molecule has 0 aromatic heterocycles. The van der Waals surface area contributed by atoms with Gasteiger partial charge in [0.25, 0.3) is 0 Å². The van der Waals surface area contributed by atoms with Gasteiger partial charge < -0.3 is 4.74 Å². The van der Waals surface area contributed by atoms with E-state index in [1.807, 2.05) is 6.92 Å². The van der Waals surface area contributed by atoms with Gasteiger partial charge in [0, 0.05) is 12.1 Å². The molecule has 118 valence electrons. The molecule has 0 N–H and O–H groups in total. The molecule has 2 aliphatic heterocycles. The normalized spacial score (nSPS) is 35.0. The highest BCUT2D eigenvalue weighted by Gasteiger charge is 2.47. The molecule has 2 saturated heterocycles. The third-order valence-corrected chi connectivity index (χ3v) is 5.37. The average Bonchev–Trinajstić information content (AvgIpc) is 2.77. The molecule has 2 heterocycles. The van der Waals surface area contributed by atoms with E-state index in [1.165, 1.54) is 30.2 Å². The van der Waals surface area contributed by atoms with E-state index >= 15 is 0 Å². The molecule has 3 rings (SSSR count). The number of carbonyl (C=O) groups excluding carboxylic acids is 1. The third kappa shape index (κ3) is 2.58. The van der Waals surface area contributed by atoms with Gasteiger partial charge in [0.05, 0.1) is 13.0 Å². The maximum atomic E-state index is 12.4. The van der Waals surface area contributed by atoms with Crippen LogP contribution in [0.5, 0.6) is 0 Å². The zero-order valence-electron chi connectivity index (χ0n) is 13.7. The second-order valence-corrected chi connectivity index (χ2v) is 6.46. The second kappa shape index (κ2) is 6.25. The number of methoxy groups -OCH3 is 1. The largest absolute Gasteiger partial charge is 0.469 e. The minimum absolute atomic E-state index is 0.0728. The van der Waals surface area contributed by atoms with Crippen LogP contribution in [0.2, 0.25) is 0 Å². The van der Waals surface area contributed by atoms with E-state index in [4.69, 9.17) is 4.74 Å². The first-order valence-corrected chi connectivity index (χ1v) is 8.18. The highest BCUT2D eigenvalue weighted by atomic mass is 16.5. The standard InChI is InChI=1S/C19H25NO2/c1-4-5-13-6-8-14(9-7-13)16-12-15-10-11-17(20(15)2)18(16)19(21)22-3/h4-8,15,17-18H,9-12H2,1-3H3/b5-4+,16-14-. The first-order chi connectivity index (χ1) is 10.7. The average molecular weight is 299 g/mol. The van der Waals surface area contributed by atoms with Crippen LogP contribution >= 0.6 is 0 Å². The summed E-state index contributed by atoms with van der Waals surface area (Å²) in [5.41, 5.74) is 3.87. The number of rotatable bonds is 2. The first-order valence-electron chi connectivity index (χ1n) is 8.18. The van der Waals surface area contributed by atoms with Gasteiger partial charge in [-0.2, -0.15) is 0 Å². The molecule has 2 bridgehead atoms. The van der Waals surface area contributed by atoms with Crippen LogP contribution in [0.15, 0.2) is 47.1 Å². The molecule has 3 atom stereocenters. The quantitative estimate of drug-likeness (QED) is 0.732. The Morgan fingerprint density at radius 1 is 1.36 bits per heavy atom. The number of nitrogens with zero attached hydrogens (tertiary/aromatic N) is 1. The number of allylic oxidation sites excluding steroid dienone is 7. The van der Waals surface area contributed by atoms with Crippen molar-refractivity contribution in [1.82, 2.24) is 4.90 Å². The fourth-order valence-electron chi connectivity index (χ4n) is 4.17. The number of hydrogen-bond donors (Lipinski definition) is 0. The molecule has 3 heteroatoms. The maximum Gasteiger partial charge on any atom is 0.314 e. The van der Waals surface area contributed by atoms with Crippen LogP contribution in [-0.2, 0) is 9.53 Å². The van der Waals surface area contributed by atoms with Gasteiger partial charge >= 0.3 is 5.97 Å². The zero-order valence-corrected chi connectivity index (χ0v) is 13.7. The molecule has 0 amide bonds. The molecule has 22 heavy (non-hydrogen) atoms. The molecule has 1 aliphatic carbocycles. The van der Waals surface area contributed by atoms with E-state index in [1.54, 1.807) is 0 Å². The molecular formula is C19H25NO2. The van der Waals surface area contributed by atoms with Gasteiger partial charge in [-0.25, -0.2) is 0 Å². The summed E-state index contributed by atoms with van der Waals surface area (Å²) in [7, 11) is 3.66. The lowest BCUT2D eigenvalue weighted by Gasteiger charge is -2.39. The molecule has 2 fully saturated rings. The topological polar surface area (TPSA) is 29.5 Å². The highest BCUT2D eigenvalue weighted by Crippen LogP contribution is 2.44. The van der Waals surface area contributed by atoms with Crippen molar-refractivity contribution < 1.29 is 9.53 Å². The Labute approximate surface area is 133 Å². The van der Waals surface area contributed by atoms with Crippen molar-refractivity contribution in [2.24, 2.45) is 5.92 Å². The van der Waals surface area contributed by atoms with Crippen LogP contribution in [0, 0.1) is 5.92 Å². The summed E-state index contributed by atoms with van der Waals surface area (Å²) in [5.74, 6) is -0.165. The lowest BCUT2D eigenvalue weighted by atomic mass is 9.80. The Kier molecular flexibility index (Phi) is 4.34. The lowest BCUT2D eigenvalue weighted by molar-refractivity contribution is -0.146. The van der Waals surface area contributed by atoms with Crippen molar-refractivity contribution in [3.05, 3.63) is 47.1 Å². The highest BCUT2D eigenvalue weighted by molar-refractivity contribution is 5.78. The van der Waals surface area contributed by atoms with Crippen LogP contribution in [-0.4, -0.2) is 37.1 Å². The monoisotopic (exact) mass is 299 g/mol. The van der Waals surface area contributed by atoms with Gasteiger partial charge in [0.1, 0.15) is 0 Å². The van der Waals surface area contributed by atoms with E-state index in [0.29, 0.717) is 12.1 Å². The van der Waals surface area contributed by atoms with Crippen molar-refractivity contribution in [2.45, 2.75) is 44.7 Å². The Bertz CT molecular complexity index is 582. The van der Waals surface area contributed by atoms with Crippen LogP contribution in [0.3, 0.4) is 0 Å². The van der Waals surface area contributed by atoms with Gasteiger partial charge in [-0.1, -0.05) is 30.4 Å². The SMILES string of the molecule is C/C=C/C1=CC/C(=C2/CC3CCC(C2C(=O)OC)N3C)C=C1. The van der Waals surface area contributed by atoms with E-state index in [-0.39, 0.29) is 11.9 Å². The number of esters is 1. The van der Waals surface area contributed by atoms with E-state index < -0.39 is 0 Å². The predicted octanol–water partition coefficient (Wildman–Crippen LogP) is 3.40. The van der Waals surface area contributed by atoms with Crippen molar-refractivity contribution in [3.63, 3.8) is 0 Å². The van der Waals surface area contributed by atoms with Crippen LogP contribution in [0.25, 0.3) is 0 Å². The fourth-order valence-corrected chi connectivity index (χ4v) is 4.17. The third-order valence-electron chi connectivity index (χ3n) is 5.37. The summed E-state index contributed by atoms with van der Waals surface area (Å²) in [6.07, 6.45) is 15.0. The first kappa shape index (κ1) is 15.3. The van der Waals surface area contributed by atoms with Crippen LogP contribution < -0.4 is 0 Å². The Morgan fingerprint density at radius 3 is 2.82 bits per heavy atom. The molecule has 0 aromatic rings. The van der Waals surface area contributed by atoms with Crippen molar-refractivity contribution >= 4 is 5.97 Å². The van der Waals surface area contributed by atoms with Gasteiger partial charge in [-0.15, -0.1) is 0 Å². The predicted molar refractivity (Wildman–Crippen MR) is 88.4 cm³/mol. The summed E-state index contributed by atoms with van der Waals surface area (Å²) in [5, 5.41) is 0. The van der Waals surface area contributed by atoms with E-state index in [9.17, 15) is 4.79 Å². The number of fused-ring (bicyclic) bond motifs is 2. The number of piperidine rings is 1.